The number of methoxy groups -OCH3 is 1. The summed E-state index contributed by atoms with van der Waals surface area (Å²) in [5, 5.41) is 0.690. The van der Waals surface area contributed by atoms with E-state index in [0.29, 0.717) is 10.9 Å². The van der Waals surface area contributed by atoms with Crippen LogP contribution in [0, 0.1) is 5.92 Å². The van der Waals surface area contributed by atoms with Gasteiger partial charge in [-0.1, -0.05) is 6.92 Å². The largest absolute Gasteiger partial charge is 0.465 e. The van der Waals surface area contributed by atoms with Gasteiger partial charge in [0, 0.05) is 13.1 Å². The molecule has 1 aliphatic rings. The van der Waals surface area contributed by atoms with Gasteiger partial charge in [-0.3, -0.25) is 4.79 Å². The average Bonchev–Trinajstić information content (AvgIpc) is 2.76. The molecule has 20 heavy (non-hydrogen) atoms. The quantitative estimate of drug-likeness (QED) is 0.823. The molecule has 0 aromatic carbocycles. The lowest BCUT2D eigenvalue weighted by atomic mass is 9.99. The molecule has 0 atom stereocenters. The Balaban J connectivity index is 2.43. The number of carbonyl (C=O) groups excluding carboxylic acids is 2. The number of nitrogen functional groups attached to an aromatic ring is 1. The topological polar surface area (TPSA) is 98.6 Å². The van der Waals surface area contributed by atoms with Gasteiger partial charge in [0.05, 0.1) is 12.8 Å². The smallest absolute Gasteiger partial charge is 0.343 e. The van der Waals surface area contributed by atoms with Gasteiger partial charge in [-0.2, -0.15) is 0 Å². The minimum Gasteiger partial charge on any atom is -0.465 e. The first kappa shape index (κ1) is 14.6. The number of amides is 1. The van der Waals surface area contributed by atoms with Crippen LogP contribution >= 0.6 is 11.3 Å². The molecule has 110 valence electrons. The monoisotopic (exact) mass is 297 g/mol. The Labute approximate surface area is 121 Å². The number of rotatable bonds is 3. The van der Waals surface area contributed by atoms with E-state index in [4.69, 9.17) is 16.2 Å². The molecule has 2 heterocycles. The lowest BCUT2D eigenvalue weighted by Gasteiger charge is -2.31. The molecule has 0 aliphatic carbocycles. The Hall–Kier alpha value is -1.76. The summed E-state index contributed by atoms with van der Waals surface area (Å²) in [5.41, 5.74) is 11.6. The summed E-state index contributed by atoms with van der Waals surface area (Å²) >= 11 is 1.17. The molecule has 1 aromatic rings. The Morgan fingerprint density at radius 3 is 2.45 bits per heavy atom. The number of hydrogen-bond donors (Lipinski definition) is 2. The second-order valence-electron chi connectivity index (χ2n) is 5.05. The van der Waals surface area contributed by atoms with E-state index in [0.717, 1.165) is 25.9 Å². The van der Waals surface area contributed by atoms with Gasteiger partial charge in [-0.25, -0.2) is 4.79 Å². The number of primary amides is 1. The normalized spacial score (nSPS) is 16.2. The van der Waals surface area contributed by atoms with E-state index >= 15 is 0 Å². The summed E-state index contributed by atoms with van der Waals surface area (Å²) in [6, 6.07) is 0. The molecule has 1 saturated heterocycles. The third-order valence-corrected chi connectivity index (χ3v) is 4.89. The number of hydrogen-bond acceptors (Lipinski definition) is 6. The zero-order chi connectivity index (χ0) is 14.9. The Morgan fingerprint density at radius 2 is 1.95 bits per heavy atom. The Morgan fingerprint density at radius 1 is 1.35 bits per heavy atom. The van der Waals surface area contributed by atoms with Crippen molar-refractivity contribution in [3.8, 4) is 0 Å². The van der Waals surface area contributed by atoms with Crippen LogP contribution in [0.4, 0.5) is 10.7 Å². The van der Waals surface area contributed by atoms with Crippen molar-refractivity contribution in [3.05, 3.63) is 10.4 Å². The van der Waals surface area contributed by atoms with Crippen LogP contribution in [0.5, 0.6) is 0 Å². The van der Waals surface area contributed by atoms with Crippen LogP contribution in [-0.2, 0) is 4.74 Å². The van der Waals surface area contributed by atoms with Gasteiger partial charge in [0.1, 0.15) is 15.4 Å². The molecule has 1 fully saturated rings. The number of thiophene rings is 1. The predicted octanol–water partition coefficient (Wildman–Crippen LogP) is 1.45. The number of nitrogens with two attached hydrogens (primary N) is 2. The van der Waals surface area contributed by atoms with Gasteiger partial charge < -0.3 is 21.1 Å². The number of carbonyl (C=O) groups is 2. The summed E-state index contributed by atoms with van der Waals surface area (Å²) in [6.07, 6.45) is 2.09. The molecule has 0 spiro atoms. The molecule has 1 aliphatic heterocycles. The van der Waals surface area contributed by atoms with E-state index in [1.54, 1.807) is 0 Å². The van der Waals surface area contributed by atoms with Gasteiger partial charge >= 0.3 is 5.97 Å². The fraction of sp³-hybridized carbons (Fsp3) is 0.538. The highest BCUT2D eigenvalue weighted by molar-refractivity contribution is 7.19. The van der Waals surface area contributed by atoms with E-state index in [1.807, 2.05) is 0 Å². The number of piperidine rings is 1. The van der Waals surface area contributed by atoms with Crippen LogP contribution in [0.15, 0.2) is 0 Å². The number of ether oxygens (including phenoxy) is 1. The summed E-state index contributed by atoms with van der Waals surface area (Å²) < 4.78 is 4.77. The standard InChI is InChI=1S/C13H19N3O3S/c1-7-3-5-16(6-4-7)12-8(13(18)19-2)9(14)10(20-12)11(15)17/h7H,3-6,14H2,1-2H3,(H2,15,17). The summed E-state index contributed by atoms with van der Waals surface area (Å²) in [5.74, 6) is -0.477. The van der Waals surface area contributed by atoms with Crippen molar-refractivity contribution >= 4 is 33.9 Å². The van der Waals surface area contributed by atoms with Crippen LogP contribution in [0.1, 0.15) is 39.8 Å². The molecule has 0 bridgehead atoms. The van der Waals surface area contributed by atoms with Gasteiger partial charge in [-0.05, 0) is 18.8 Å². The maximum atomic E-state index is 11.9. The first-order chi connectivity index (χ1) is 9.45. The van der Waals surface area contributed by atoms with Crippen LogP contribution in [0.2, 0.25) is 0 Å². The molecule has 6 nitrogen and oxygen atoms in total. The second-order valence-corrected chi connectivity index (χ2v) is 6.05. The molecule has 0 radical (unpaired) electrons. The van der Waals surface area contributed by atoms with E-state index in [2.05, 4.69) is 11.8 Å². The second kappa shape index (κ2) is 5.70. The van der Waals surface area contributed by atoms with Crippen molar-refractivity contribution in [1.29, 1.82) is 0 Å². The average molecular weight is 297 g/mol. The van der Waals surface area contributed by atoms with Crippen molar-refractivity contribution in [2.24, 2.45) is 11.7 Å². The third-order valence-electron chi connectivity index (χ3n) is 3.61. The van der Waals surface area contributed by atoms with E-state index < -0.39 is 11.9 Å². The minimum atomic E-state index is -0.616. The van der Waals surface area contributed by atoms with Gasteiger partial charge in [0.25, 0.3) is 5.91 Å². The highest BCUT2D eigenvalue weighted by Crippen LogP contribution is 2.40. The minimum absolute atomic E-state index is 0.128. The molecule has 0 saturated carbocycles. The maximum Gasteiger partial charge on any atom is 0.343 e. The SMILES string of the molecule is COC(=O)c1c(N2CCC(C)CC2)sc(C(N)=O)c1N. The van der Waals surface area contributed by atoms with Crippen molar-refractivity contribution in [2.75, 3.05) is 30.8 Å². The molecule has 0 unspecified atom stereocenters. The molecule has 4 N–H and O–H groups in total. The predicted molar refractivity (Wildman–Crippen MR) is 79.2 cm³/mol. The van der Waals surface area contributed by atoms with E-state index in [9.17, 15) is 9.59 Å². The number of esters is 1. The molecule has 7 heteroatoms. The number of anilines is 2. The molecule has 1 amide bonds. The first-order valence-electron chi connectivity index (χ1n) is 6.51. The van der Waals surface area contributed by atoms with Crippen LogP contribution < -0.4 is 16.4 Å². The Kier molecular flexibility index (Phi) is 4.17. The molecular weight excluding hydrogens is 278 g/mol. The summed E-state index contributed by atoms with van der Waals surface area (Å²) in [6.45, 7) is 3.88. The lowest BCUT2D eigenvalue weighted by Crippen LogP contribution is -2.33. The highest BCUT2D eigenvalue weighted by Gasteiger charge is 2.29. The Bertz CT molecular complexity index is 533. The number of nitrogens with zero attached hydrogens (tertiary/aromatic N) is 1. The third kappa shape index (κ3) is 2.58. The van der Waals surface area contributed by atoms with Crippen LogP contribution in [0.25, 0.3) is 0 Å². The van der Waals surface area contributed by atoms with Crippen molar-refractivity contribution in [1.82, 2.24) is 0 Å². The van der Waals surface area contributed by atoms with Crippen molar-refractivity contribution < 1.29 is 14.3 Å². The van der Waals surface area contributed by atoms with Crippen molar-refractivity contribution in [3.63, 3.8) is 0 Å². The molecule has 2 rings (SSSR count). The lowest BCUT2D eigenvalue weighted by molar-refractivity contribution is 0.0603. The van der Waals surface area contributed by atoms with Gasteiger partial charge in [0.2, 0.25) is 0 Å². The summed E-state index contributed by atoms with van der Waals surface area (Å²) in [7, 11) is 1.30. The van der Waals surface area contributed by atoms with Gasteiger partial charge in [0.15, 0.2) is 0 Å². The van der Waals surface area contributed by atoms with E-state index in [1.165, 1.54) is 18.4 Å². The van der Waals surface area contributed by atoms with Gasteiger partial charge in [-0.15, -0.1) is 11.3 Å². The van der Waals surface area contributed by atoms with Crippen molar-refractivity contribution in [2.45, 2.75) is 19.8 Å². The van der Waals surface area contributed by atoms with Crippen LogP contribution in [0.3, 0.4) is 0 Å². The zero-order valence-electron chi connectivity index (χ0n) is 11.6. The first-order valence-corrected chi connectivity index (χ1v) is 7.32. The molecular formula is C13H19N3O3S. The highest BCUT2D eigenvalue weighted by atomic mass is 32.1. The zero-order valence-corrected chi connectivity index (χ0v) is 12.5. The van der Waals surface area contributed by atoms with E-state index in [-0.39, 0.29) is 16.1 Å². The molecule has 1 aromatic heterocycles. The maximum absolute atomic E-state index is 11.9. The van der Waals surface area contributed by atoms with Crippen LogP contribution in [-0.4, -0.2) is 32.1 Å². The fourth-order valence-electron chi connectivity index (χ4n) is 2.35. The summed E-state index contributed by atoms with van der Waals surface area (Å²) in [4.78, 5) is 25.6. The fourth-order valence-corrected chi connectivity index (χ4v) is 3.46.